The topological polar surface area (TPSA) is 58.6 Å². The highest BCUT2D eigenvalue weighted by Crippen LogP contribution is 2.35. The van der Waals surface area contributed by atoms with Gasteiger partial charge >= 0.3 is 0 Å². The molecule has 3 rings (SSSR count). The van der Waals surface area contributed by atoms with Crippen molar-refractivity contribution in [1.29, 1.82) is 0 Å². The van der Waals surface area contributed by atoms with Gasteiger partial charge in [-0.25, -0.2) is 13.1 Å². The van der Waals surface area contributed by atoms with Crippen molar-refractivity contribution < 1.29 is 13.2 Å². The van der Waals surface area contributed by atoms with Gasteiger partial charge in [0.2, 0.25) is 10.0 Å². The molecule has 2 heterocycles. The maximum absolute atomic E-state index is 11.3. The Hall–Kier alpha value is -1.11. The minimum absolute atomic E-state index is 0.0340. The number of nitrogens with one attached hydrogen (secondary N) is 1. The lowest BCUT2D eigenvalue weighted by atomic mass is 10.00. The summed E-state index contributed by atoms with van der Waals surface area (Å²) in [5.41, 5.74) is 2.42. The van der Waals surface area contributed by atoms with Crippen LogP contribution in [0.3, 0.4) is 0 Å². The highest BCUT2D eigenvalue weighted by Gasteiger charge is 2.30. The van der Waals surface area contributed by atoms with Gasteiger partial charge in [0.05, 0.1) is 6.26 Å². The molecule has 5 nitrogen and oxygen atoms in total. The molecule has 1 aromatic rings. The van der Waals surface area contributed by atoms with E-state index in [-0.39, 0.29) is 11.6 Å². The van der Waals surface area contributed by atoms with Crippen molar-refractivity contribution in [2.45, 2.75) is 44.9 Å². The summed E-state index contributed by atoms with van der Waals surface area (Å²) >= 11 is 0. The number of fused-ring (bicyclic) bond motifs is 1. The van der Waals surface area contributed by atoms with E-state index in [2.05, 4.69) is 41.7 Å². The third kappa shape index (κ3) is 3.80. The third-order valence-corrected chi connectivity index (χ3v) is 4.95. The largest absolute Gasteiger partial charge is 0.487 e. The monoisotopic (exact) mass is 324 g/mol. The maximum Gasteiger partial charge on any atom is 0.208 e. The molecule has 2 aliphatic heterocycles. The standard InChI is InChI=1S/C16H24N2O3S/c1-16(2)9-13-8-12(4-5-15(13)21-16)10-18-7-6-14(11-18)17-22(3,19)20/h4-5,8,14,17H,6-7,9-11H2,1-3H3/t14-/m1/s1. The fraction of sp³-hybridized carbons (Fsp3) is 0.625. The Morgan fingerprint density at radius 1 is 1.41 bits per heavy atom. The molecule has 0 bridgehead atoms. The van der Waals surface area contributed by atoms with Crippen LogP contribution in [0.5, 0.6) is 5.75 Å². The van der Waals surface area contributed by atoms with E-state index in [1.165, 1.54) is 17.4 Å². The number of benzene rings is 1. The van der Waals surface area contributed by atoms with E-state index in [1.54, 1.807) is 0 Å². The summed E-state index contributed by atoms with van der Waals surface area (Å²) in [6.45, 7) is 6.76. The quantitative estimate of drug-likeness (QED) is 0.912. The van der Waals surface area contributed by atoms with E-state index in [0.29, 0.717) is 0 Å². The third-order valence-electron chi connectivity index (χ3n) is 4.19. The van der Waals surface area contributed by atoms with Gasteiger partial charge in [-0.15, -0.1) is 0 Å². The van der Waals surface area contributed by atoms with Crippen LogP contribution >= 0.6 is 0 Å². The molecule has 2 aliphatic rings. The summed E-state index contributed by atoms with van der Waals surface area (Å²) in [5, 5.41) is 0. The molecule has 0 unspecified atom stereocenters. The normalized spacial score (nSPS) is 24.2. The average Bonchev–Trinajstić information content (AvgIpc) is 2.89. The van der Waals surface area contributed by atoms with Crippen LogP contribution in [-0.2, 0) is 23.0 Å². The summed E-state index contributed by atoms with van der Waals surface area (Å²) in [6.07, 6.45) is 3.03. The number of sulfonamides is 1. The first-order valence-electron chi connectivity index (χ1n) is 7.71. The van der Waals surface area contributed by atoms with E-state index >= 15 is 0 Å². The molecule has 6 heteroatoms. The molecular weight excluding hydrogens is 300 g/mol. The Labute approximate surface area is 132 Å². The van der Waals surface area contributed by atoms with Crippen molar-refractivity contribution in [3.63, 3.8) is 0 Å². The zero-order valence-corrected chi connectivity index (χ0v) is 14.2. The SMILES string of the molecule is CC1(C)Cc2cc(CN3CC[C@@H](NS(C)(=O)=O)C3)ccc2O1. The summed E-state index contributed by atoms with van der Waals surface area (Å²) in [5.74, 6) is 0.992. The molecule has 0 saturated carbocycles. The molecule has 0 spiro atoms. The number of hydrogen-bond acceptors (Lipinski definition) is 4. The lowest BCUT2D eigenvalue weighted by Crippen LogP contribution is -2.36. The number of rotatable bonds is 4. The summed E-state index contributed by atoms with van der Waals surface area (Å²) < 4.78 is 31.2. The molecule has 0 aromatic heterocycles. The van der Waals surface area contributed by atoms with Crippen LogP contribution in [0.1, 0.15) is 31.4 Å². The van der Waals surface area contributed by atoms with E-state index in [1.807, 2.05) is 0 Å². The molecule has 0 aliphatic carbocycles. The highest BCUT2D eigenvalue weighted by atomic mass is 32.2. The summed E-state index contributed by atoms with van der Waals surface area (Å²) in [4.78, 5) is 2.30. The molecule has 0 amide bonds. The average molecular weight is 324 g/mol. The first-order chi connectivity index (χ1) is 10.2. The Balaban J connectivity index is 1.61. The van der Waals surface area contributed by atoms with Crippen molar-refractivity contribution in [2.24, 2.45) is 0 Å². The molecule has 22 heavy (non-hydrogen) atoms. The molecule has 1 N–H and O–H groups in total. The maximum atomic E-state index is 11.3. The second-order valence-electron chi connectivity index (χ2n) is 7.09. The minimum Gasteiger partial charge on any atom is -0.487 e. The van der Waals surface area contributed by atoms with E-state index in [9.17, 15) is 8.42 Å². The van der Waals surface area contributed by atoms with Crippen LogP contribution in [-0.4, -0.2) is 44.3 Å². The van der Waals surface area contributed by atoms with Gasteiger partial charge in [-0.05, 0) is 37.5 Å². The van der Waals surface area contributed by atoms with Crippen LogP contribution < -0.4 is 9.46 Å². The predicted octanol–water partition coefficient (Wildman–Crippen LogP) is 1.52. The Bertz CT molecular complexity index is 670. The zero-order chi connectivity index (χ0) is 16.0. The molecule has 122 valence electrons. The molecule has 1 fully saturated rings. The van der Waals surface area contributed by atoms with Crippen LogP contribution in [0.25, 0.3) is 0 Å². The Morgan fingerprint density at radius 2 is 2.18 bits per heavy atom. The smallest absolute Gasteiger partial charge is 0.208 e. The van der Waals surface area contributed by atoms with E-state index in [0.717, 1.165) is 38.2 Å². The van der Waals surface area contributed by atoms with Gasteiger partial charge in [-0.2, -0.15) is 0 Å². The lowest BCUT2D eigenvalue weighted by Gasteiger charge is -2.17. The summed E-state index contributed by atoms with van der Waals surface area (Å²) in [7, 11) is -3.12. The van der Waals surface area contributed by atoms with Gasteiger partial charge in [0.1, 0.15) is 11.4 Å². The fourth-order valence-electron chi connectivity index (χ4n) is 3.39. The van der Waals surface area contributed by atoms with Crippen molar-refractivity contribution >= 4 is 10.0 Å². The number of hydrogen-bond donors (Lipinski definition) is 1. The van der Waals surface area contributed by atoms with Crippen molar-refractivity contribution in [1.82, 2.24) is 9.62 Å². The van der Waals surface area contributed by atoms with E-state index < -0.39 is 10.0 Å². The molecular formula is C16H24N2O3S. The number of nitrogens with zero attached hydrogens (tertiary/aromatic N) is 1. The van der Waals surface area contributed by atoms with Gasteiger partial charge in [0.25, 0.3) is 0 Å². The summed E-state index contributed by atoms with van der Waals surface area (Å²) in [6, 6.07) is 6.42. The molecule has 1 aromatic carbocycles. The first kappa shape index (κ1) is 15.8. The van der Waals surface area contributed by atoms with Crippen molar-refractivity contribution in [2.75, 3.05) is 19.3 Å². The number of likely N-dealkylation sites (tertiary alicyclic amines) is 1. The zero-order valence-electron chi connectivity index (χ0n) is 13.4. The van der Waals surface area contributed by atoms with Gasteiger partial charge in [0, 0.05) is 32.1 Å². The first-order valence-corrected chi connectivity index (χ1v) is 9.60. The van der Waals surface area contributed by atoms with Crippen molar-refractivity contribution in [3.05, 3.63) is 29.3 Å². The molecule has 0 radical (unpaired) electrons. The lowest BCUT2D eigenvalue weighted by molar-refractivity contribution is 0.138. The van der Waals surface area contributed by atoms with Crippen LogP contribution in [0.2, 0.25) is 0 Å². The van der Waals surface area contributed by atoms with Gasteiger partial charge < -0.3 is 4.74 Å². The van der Waals surface area contributed by atoms with Crippen LogP contribution in [0.15, 0.2) is 18.2 Å². The molecule has 1 atom stereocenters. The van der Waals surface area contributed by atoms with Gasteiger partial charge in [0.15, 0.2) is 0 Å². The second-order valence-corrected chi connectivity index (χ2v) is 8.87. The molecule has 1 saturated heterocycles. The van der Waals surface area contributed by atoms with Crippen LogP contribution in [0.4, 0.5) is 0 Å². The highest BCUT2D eigenvalue weighted by molar-refractivity contribution is 7.88. The van der Waals surface area contributed by atoms with Gasteiger partial charge in [-0.3, -0.25) is 4.90 Å². The van der Waals surface area contributed by atoms with Crippen LogP contribution in [0, 0.1) is 0 Å². The second kappa shape index (κ2) is 5.51. The Kier molecular flexibility index (Phi) is 3.95. The predicted molar refractivity (Wildman–Crippen MR) is 86.5 cm³/mol. The van der Waals surface area contributed by atoms with Crippen molar-refractivity contribution in [3.8, 4) is 5.75 Å². The fourth-order valence-corrected chi connectivity index (χ4v) is 4.19. The minimum atomic E-state index is -3.12. The van der Waals surface area contributed by atoms with E-state index in [4.69, 9.17) is 4.74 Å². The Morgan fingerprint density at radius 3 is 2.91 bits per heavy atom. The number of ether oxygens (including phenoxy) is 1. The van der Waals surface area contributed by atoms with Gasteiger partial charge in [-0.1, -0.05) is 12.1 Å².